The van der Waals surface area contributed by atoms with Gasteiger partial charge in [0.05, 0.1) is 23.9 Å². The largest absolute Gasteiger partial charge is 0.489 e. The number of ether oxygens (including phenoxy) is 2. The number of rotatable bonds is 7. The predicted molar refractivity (Wildman–Crippen MR) is 118 cm³/mol. The molecular weight excluding hydrogens is 466 g/mol. The van der Waals surface area contributed by atoms with Crippen LogP contribution < -0.4 is 10.1 Å². The number of carboxylic acid groups (broad SMARTS) is 1. The first-order valence-corrected chi connectivity index (χ1v) is 9.91. The summed E-state index contributed by atoms with van der Waals surface area (Å²) in [5.74, 6) is -1.55. The van der Waals surface area contributed by atoms with Crippen molar-refractivity contribution in [3.05, 3.63) is 93.5 Å². The zero-order valence-electron chi connectivity index (χ0n) is 16.4. The van der Waals surface area contributed by atoms with E-state index in [1.54, 1.807) is 54.6 Å². The molecule has 0 spiro atoms. The Morgan fingerprint density at radius 3 is 2.39 bits per heavy atom. The van der Waals surface area contributed by atoms with Crippen molar-refractivity contribution in [3.63, 3.8) is 0 Å². The minimum atomic E-state index is -1.15. The molecule has 158 valence electrons. The van der Waals surface area contributed by atoms with Crippen LogP contribution in [-0.2, 0) is 11.3 Å². The summed E-state index contributed by atoms with van der Waals surface area (Å²) < 4.78 is 11.0. The van der Waals surface area contributed by atoms with Gasteiger partial charge in [-0.2, -0.15) is 0 Å². The molecule has 3 aromatic carbocycles. The topological polar surface area (TPSA) is 102 Å². The van der Waals surface area contributed by atoms with Crippen LogP contribution in [0.15, 0.2) is 71.2 Å². The molecule has 0 aliphatic carbocycles. The van der Waals surface area contributed by atoms with E-state index in [-0.39, 0.29) is 17.9 Å². The maximum absolute atomic E-state index is 12.6. The first-order chi connectivity index (χ1) is 14.9. The maximum atomic E-state index is 12.6. The molecular formula is C23H18BrNO6. The minimum Gasteiger partial charge on any atom is -0.489 e. The highest BCUT2D eigenvalue weighted by molar-refractivity contribution is 9.10. The van der Waals surface area contributed by atoms with Gasteiger partial charge in [0.25, 0.3) is 5.91 Å². The number of hydrogen-bond donors (Lipinski definition) is 2. The van der Waals surface area contributed by atoms with Gasteiger partial charge >= 0.3 is 11.9 Å². The lowest BCUT2D eigenvalue weighted by Gasteiger charge is -2.11. The Balaban J connectivity index is 1.68. The smallest absolute Gasteiger partial charge is 0.337 e. The first kappa shape index (κ1) is 22.0. The third kappa shape index (κ3) is 5.70. The van der Waals surface area contributed by atoms with Crippen LogP contribution in [0.5, 0.6) is 5.75 Å². The van der Waals surface area contributed by atoms with Gasteiger partial charge in [-0.1, -0.05) is 34.1 Å². The molecule has 0 heterocycles. The third-order valence-electron chi connectivity index (χ3n) is 4.34. The lowest BCUT2D eigenvalue weighted by atomic mass is 10.1. The Bertz CT molecular complexity index is 1130. The van der Waals surface area contributed by atoms with Gasteiger partial charge in [-0.25, -0.2) is 9.59 Å². The first-order valence-electron chi connectivity index (χ1n) is 9.11. The van der Waals surface area contributed by atoms with Crippen molar-refractivity contribution < 1.29 is 29.0 Å². The molecule has 0 radical (unpaired) electrons. The summed E-state index contributed by atoms with van der Waals surface area (Å²) in [6.45, 7) is 0.238. The van der Waals surface area contributed by atoms with Crippen LogP contribution in [0.25, 0.3) is 0 Å². The standard InChI is InChI=1S/C23H18BrNO6/c1-30-23(29)15-7-5-14(6-8-15)13-31-18-4-2-3-16(11-18)21(26)25-20-10-9-17(24)12-19(20)22(27)28/h2-12H,13H2,1H3,(H,25,26)(H,27,28). The van der Waals surface area contributed by atoms with Crippen LogP contribution in [0.2, 0.25) is 0 Å². The van der Waals surface area contributed by atoms with Gasteiger partial charge in [-0.05, 0) is 54.1 Å². The SMILES string of the molecule is COC(=O)c1ccc(COc2cccc(C(=O)Nc3ccc(Br)cc3C(=O)O)c2)cc1. The van der Waals surface area contributed by atoms with Crippen molar-refractivity contribution in [2.75, 3.05) is 12.4 Å². The molecule has 0 saturated heterocycles. The molecule has 2 N–H and O–H groups in total. The van der Waals surface area contributed by atoms with Crippen molar-refractivity contribution in [2.45, 2.75) is 6.61 Å². The Kier molecular flexibility index (Phi) is 7.04. The van der Waals surface area contributed by atoms with Gasteiger partial charge in [0.15, 0.2) is 0 Å². The third-order valence-corrected chi connectivity index (χ3v) is 4.83. The normalized spacial score (nSPS) is 10.3. The van der Waals surface area contributed by atoms with Gasteiger partial charge < -0.3 is 19.9 Å². The van der Waals surface area contributed by atoms with E-state index in [0.717, 1.165) is 5.56 Å². The van der Waals surface area contributed by atoms with Crippen LogP contribution in [0.3, 0.4) is 0 Å². The second-order valence-electron chi connectivity index (χ2n) is 6.45. The predicted octanol–water partition coefficient (Wildman–Crippen LogP) is 4.77. The molecule has 0 saturated carbocycles. The Labute approximate surface area is 186 Å². The highest BCUT2D eigenvalue weighted by atomic mass is 79.9. The lowest BCUT2D eigenvalue weighted by Crippen LogP contribution is -2.15. The quantitative estimate of drug-likeness (QED) is 0.469. The average molecular weight is 484 g/mol. The van der Waals surface area contributed by atoms with E-state index >= 15 is 0 Å². The molecule has 0 fully saturated rings. The maximum Gasteiger partial charge on any atom is 0.337 e. The van der Waals surface area contributed by atoms with E-state index in [2.05, 4.69) is 26.0 Å². The Morgan fingerprint density at radius 2 is 1.71 bits per heavy atom. The molecule has 1 amide bonds. The fourth-order valence-electron chi connectivity index (χ4n) is 2.75. The molecule has 31 heavy (non-hydrogen) atoms. The molecule has 3 aromatic rings. The van der Waals surface area contributed by atoms with Crippen molar-refractivity contribution in [2.24, 2.45) is 0 Å². The molecule has 3 rings (SSSR count). The van der Waals surface area contributed by atoms with Crippen molar-refractivity contribution in [1.82, 2.24) is 0 Å². The van der Waals surface area contributed by atoms with Crippen LogP contribution in [-0.4, -0.2) is 30.1 Å². The second kappa shape index (κ2) is 9.90. The average Bonchev–Trinajstić information content (AvgIpc) is 2.78. The van der Waals surface area contributed by atoms with Crippen LogP contribution in [0.4, 0.5) is 5.69 Å². The van der Waals surface area contributed by atoms with Gasteiger partial charge in [-0.3, -0.25) is 4.79 Å². The number of hydrogen-bond acceptors (Lipinski definition) is 5. The van der Waals surface area contributed by atoms with Gasteiger partial charge in [0.2, 0.25) is 0 Å². The number of nitrogens with one attached hydrogen (secondary N) is 1. The van der Waals surface area contributed by atoms with E-state index in [0.29, 0.717) is 21.3 Å². The molecule has 0 atom stereocenters. The highest BCUT2D eigenvalue weighted by Crippen LogP contribution is 2.23. The Hall–Kier alpha value is -3.65. The fraction of sp³-hybridized carbons (Fsp3) is 0.0870. The van der Waals surface area contributed by atoms with Crippen LogP contribution in [0, 0.1) is 0 Å². The second-order valence-corrected chi connectivity index (χ2v) is 7.37. The molecule has 0 aliphatic rings. The van der Waals surface area contributed by atoms with E-state index in [1.807, 2.05) is 0 Å². The summed E-state index contributed by atoms with van der Waals surface area (Å²) in [5, 5.41) is 12.0. The molecule has 0 aromatic heterocycles. The number of aromatic carboxylic acids is 1. The fourth-order valence-corrected chi connectivity index (χ4v) is 3.11. The van der Waals surface area contributed by atoms with Gasteiger partial charge in [0.1, 0.15) is 12.4 Å². The summed E-state index contributed by atoms with van der Waals surface area (Å²) in [6.07, 6.45) is 0. The highest BCUT2D eigenvalue weighted by Gasteiger charge is 2.15. The molecule has 0 aliphatic heterocycles. The number of esters is 1. The summed E-state index contributed by atoms with van der Waals surface area (Å²) >= 11 is 3.22. The van der Waals surface area contributed by atoms with E-state index in [9.17, 15) is 19.5 Å². The number of amides is 1. The van der Waals surface area contributed by atoms with Crippen molar-refractivity contribution in [3.8, 4) is 5.75 Å². The van der Waals surface area contributed by atoms with Crippen LogP contribution >= 0.6 is 15.9 Å². The number of benzene rings is 3. The molecule has 7 nitrogen and oxygen atoms in total. The number of halogens is 1. The Morgan fingerprint density at radius 1 is 0.968 bits per heavy atom. The molecule has 0 bridgehead atoms. The minimum absolute atomic E-state index is 0.0227. The summed E-state index contributed by atoms with van der Waals surface area (Å²) in [4.78, 5) is 35.5. The van der Waals surface area contributed by atoms with Gasteiger partial charge in [0, 0.05) is 10.0 Å². The van der Waals surface area contributed by atoms with Crippen molar-refractivity contribution in [1.29, 1.82) is 0 Å². The number of carboxylic acids is 1. The summed E-state index contributed by atoms with van der Waals surface area (Å²) in [6, 6.07) is 17.9. The van der Waals surface area contributed by atoms with E-state index in [4.69, 9.17) is 4.74 Å². The molecule has 0 unspecified atom stereocenters. The van der Waals surface area contributed by atoms with Crippen molar-refractivity contribution >= 4 is 39.5 Å². The lowest BCUT2D eigenvalue weighted by molar-refractivity contribution is 0.0599. The van der Waals surface area contributed by atoms with E-state index in [1.165, 1.54) is 19.2 Å². The van der Waals surface area contributed by atoms with Gasteiger partial charge in [-0.15, -0.1) is 0 Å². The van der Waals surface area contributed by atoms with E-state index < -0.39 is 17.8 Å². The molecule has 8 heteroatoms. The summed E-state index contributed by atoms with van der Waals surface area (Å²) in [7, 11) is 1.32. The number of carbonyl (C=O) groups excluding carboxylic acids is 2. The zero-order chi connectivity index (χ0) is 22.4. The zero-order valence-corrected chi connectivity index (χ0v) is 18.0. The summed E-state index contributed by atoms with van der Waals surface area (Å²) in [5.41, 5.74) is 1.77. The number of anilines is 1. The number of carbonyl (C=O) groups is 3. The monoisotopic (exact) mass is 483 g/mol. The van der Waals surface area contributed by atoms with Crippen LogP contribution in [0.1, 0.15) is 36.6 Å². The number of methoxy groups -OCH3 is 1.